The van der Waals surface area contributed by atoms with Gasteiger partial charge in [0.25, 0.3) is 5.91 Å². The van der Waals surface area contributed by atoms with Crippen molar-refractivity contribution in [1.29, 1.82) is 0 Å². The minimum Gasteiger partial charge on any atom is -0.478 e. The average Bonchev–Trinajstić information content (AvgIpc) is 2.77. The zero-order valence-electron chi connectivity index (χ0n) is 9.51. The predicted molar refractivity (Wildman–Crippen MR) is 72.2 cm³/mol. The van der Waals surface area contributed by atoms with Crippen LogP contribution in [0.2, 0.25) is 0 Å². The van der Waals surface area contributed by atoms with Crippen LogP contribution in [0.3, 0.4) is 0 Å². The lowest BCUT2D eigenvalue weighted by molar-refractivity contribution is 0.0698. The molecule has 2 aromatic rings. The molecule has 0 atom stereocenters. The summed E-state index contributed by atoms with van der Waals surface area (Å²) in [6.45, 7) is 0. The van der Waals surface area contributed by atoms with Crippen LogP contribution < -0.4 is 11.1 Å². The molecule has 0 aliphatic rings. The number of nitrogens with one attached hydrogen (secondary N) is 1. The molecule has 1 heterocycles. The van der Waals surface area contributed by atoms with E-state index in [-0.39, 0.29) is 21.5 Å². The van der Waals surface area contributed by atoms with Crippen LogP contribution in [-0.4, -0.2) is 17.0 Å². The van der Waals surface area contributed by atoms with Crippen molar-refractivity contribution in [3.8, 4) is 0 Å². The minimum absolute atomic E-state index is 0.0760. The summed E-state index contributed by atoms with van der Waals surface area (Å²) in [4.78, 5) is 23.0. The highest BCUT2D eigenvalue weighted by molar-refractivity contribution is 9.10. The summed E-state index contributed by atoms with van der Waals surface area (Å²) in [6.07, 6.45) is 1.35. The average molecular weight is 325 g/mol. The molecule has 1 aromatic carbocycles. The van der Waals surface area contributed by atoms with E-state index < -0.39 is 11.9 Å². The van der Waals surface area contributed by atoms with E-state index in [0.717, 1.165) is 0 Å². The quantitative estimate of drug-likeness (QED) is 0.752. The number of nitrogens with two attached hydrogens (primary N) is 1. The smallest absolute Gasteiger partial charge is 0.337 e. The zero-order valence-corrected chi connectivity index (χ0v) is 11.1. The lowest BCUT2D eigenvalue weighted by atomic mass is 10.1. The molecule has 0 unspecified atom stereocenters. The summed E-state index contributed by atoms with van der Waals surface area (Å²) >= 11 is 3.08. The molecule has 98 valence electrons. The summed E-state index contributed by atoms with van der Waals surface area (Å²) in [5.41, 5.74) is 6.18. The van der Waals surface area contributed by atoms with Gasteiger partial charge in [0.1, 0.15) is 0 Å². The number of aromatic carboxylic acids is 1. The Morgan fingerprint density at radius 2 is 2.00 bits per heavy atom. The maximum Gasteiger partial charge on any atom is 0.337 e. The molecule has 0 spiro atoms. The van der Waals surface area contributed by atoms with Crippen molar-refractivity contribution in [1.82, 2.24) is 0 Å². The maximum absolute atomic E-state index is 11.9. The first-order valence-electron chi connectivity index (χ1n) is 5.16. The van der Waals surface area contributed by atoms with Gasteiger partial charge in [-0.2, -0.15) is 0 Å². The standard InChI is InChI=1S/C12H9BrN2O4/c13-10-7(3-4-19-10)11(16)15-9-2-1-6(14)5-8(9)12(17)18/h1-5H,14H2,(H,15,16)(H,17,18). The van der Waals surface area contributed by atoms with Crippen molar-refractivity contribution in [2.24, 2.45) is 0 Å². The van der Waals surface area contributed by atoms with Crippen molar-refractivity contribution < 1.29 is 19.1 Å². The number of hydrogen-bond donors (Lipinski definition) is 3. The van der Waals surface area contributed by atoms with Gasteiger partial charge in [-0.3, -0.25) is 4.79 Å². The number of halogens is 1. The number of rotatable bonds is 3. The Hall–Kier alpha value is -2.28. The van der Waals surface area contributed by atoms with Crippen LogP contribution >= 0.6 is 15.9 Å². The summed E-state index contributed by atoms with van der Waals surface area (Å²) in [7, 11) is 0. The van der Waals surface area contributed by atoms with Crippen molar-refractivity contribution in [3.05, 3.63) is 46.3 Å². The van der Waals surface area contributed by atoms with E-state index in [1.807, 2.05) is 0 Å². The van der Waals surface area contributed by atoms with Gasteiger partial charge in [0.15, 0.2) is 4.67 Å². The zero-order chi connectivity index (χ0) is 14.0. The van der Waals surface area contributed by atoms with Crippen LogP contribution in [0.4, 0.5) is 11.4 Å². The van der Waals surface area contributed by atoms with E-state index in [4.69, 9.17) is 15.3 Å². The first-order valence-corrected chi connectivity index (χ1v) is 5.95. The van der Waals surface area contributed by atoms with Gasteiger partial charge in [0, 0.05) is 5.69 Å². The fourth-order valence-corrected chi connectivity index (χ4v) is 1.91. The third-order valence-electron chi connectivity index (χ3n) is 2.38. The van der Waals surface area contributed by atoms with Gasteiger partial charge in [-0.25, -0.2) is 4.79 Å². The predicted octanol–water partition coefficient (Wildman–Crippen LogP) is 2.57. The van der Waals surface area contributed by atoms with Crippen molar-refractivity contribution in [3.63, 3.8) is 0 Å². The highest BCUT2D eigenvalue weighted by Crippen LogP contribution is 2.22. The lowest BCUT2D eigenvalue weighted by Crippen LogP contribution is -2.14. The Labute approximate surface area is 116 Å². The van der Waals surface area contributed by atoms with E-state index >= 15 is 0 Å². The van der Waals surface area contributed by atoms with E-state index in [9.17, 15) is 9.59 Å². The van der Waals surface area contributed by atoms with E-state index in [1.54, 1.807) is 0 Å². The first kappa shape index (κ1) is 13.2. The number of benzene rings is 1. The van der Waals surface area contributed by atoms with Crippen LogP contribution in [0.15, 0.2) is 39.6 Å². The third-order valence-corrected chi connectivity index (χ3v) is 3.00. The van der Waals surface area contributed by atoms with Crippen LogP contribution in [0.1, 0.15) is 20.7 Å². The number of furan rings is 1. The van der Waals surface area contributed by atoms with Crippen LogP contribution in [-0.2, 0) is 0 Å². The highest BCUT2D eigenvalue weighted by Gasteiger charge is 2.17. The van der Waals surface area contributed by atoms with E-state index in [1.165, 1.54) is 30.5 Å². The van der Waals surface area contributed by atoms with Gasteiger partial charge >= 0.3 is 5.97 Å². The lowest BCUT2D eigenvalue weighted by Gasteiger charge is -2.08. The Morgan fingerprint density at radius 3 is 2.58 bits per heavy atom. The molecule has 0 saturated carbocycles. The minimum atomic E-state index is -1.17. The van der Waals surface area contributed by atoms with Crippen molar-refractivity contribution in [2.75, 3.05) is 11.1 Å². The van der Waals surface area contributed by atoms with Crippen molar-refractivity contribution in [2.45, 2.75) is 0 Å². The summed E-state index contributed by atoms with van der Waals surface area (Å²) in [5.74, 6) is -1.65. The number of hydrogen-bond acceptors (Lipinski definition) is 4. The fraction of sp³-hybridized carbons (Fsp3) is 0. The van der Waals surface area contributed by atoms with Crippen molar-refractivity contribution >= 4 is 39.2 Å². The summed E-state index contributed by atoms with van der Waals surface area (Å²) in [5, 5.41) is 11.6. The molecule has 0 aliphatic heterocycles. The number of carbonyl (C=O) groups excluding carboxylic acids is 1. The Balaban J connectivity index is 2.32. The van der Waals surface area contributed by atoms with Gasteiger partial charge < -0.3 is 20.6 Å². The van der Waals surface area contributed by atoms with Crippen LogP contribution in [0, 0.1) is 0 Å². The molecule has 4 N–H and O–H groups in total. The normalized spacial score (nSPS) is 10.2. The van der Waals surface area contributed by atoms with Gasteiger partial charge in [-0.05, 0) is 40.2 Å². The molecule has 0 bridgehead atoms. The second-order valence-electron chi connectivity index (χ2n) is 3.67. The summed E-state index contributed by atoms with van der Waals surface area (Å²) < 4.78 is 5.21. The largest absolute Gasteiger partial charge is 0.478 e. The third kappa shape index (κ3) is 2.76. The van der Waals surface area contributed by atoms with Gasteiger partial charge in [0.05, 0.1) is 23.1 Å². The molecule has 19 heavy (non-hydrogen) atoms. The molecular weight excluding hydrogens is 316 g/mol. The molecule has 1 aromatic heterocycles. The summed E-state index contributed by atoms with van der Waals surface area (Å²) in [6, 6.07) is 5.69. The number of carboxylic acid groups (broad SMARTS) is 1. The molecule has 0 aliphatic carbocycles. The first-order chi connectivity index (χ1) is 8.99. The van der Waals surface area contributed by atoms with Gasteiger partial charge in [-0.15, -0.1) is 0 Å². The molecule has 0 fully saturated rings. The molecule has 1 amide bonds. The number of anilines is 2. The Bertz CT molecular complexity index is 651. The van der Waals surface area contributed by atoms with Crippen LogP contribution in [0.25, 0.3) is 0 Å². The second kappa shape index (κ2) is 5.15. The molecule has 6 nitrogen and oxygen atoms in total. The molecule has 0 saturated heterocycles. The monoisotopic (exact) mass is 324 g/mol. The molecule has 7 heteroatoms. The maximum atomic E-state index is 11.9. The number of nitrogen functional groups attached to an aromatic ring is 1. The molecule has 0 radical (unpaired) electrons. The number of amides is 1. The van der Waals surface area contributed by atoms with E-state index in [0.29, 0.717) is 5.69 Å². The van der Waals surface area contributed by atoms with E-state index in [2.05, 4.69) is 21.2 Å². The fourth-order valence-electron chi connectivity index (χ4n) is 1.49. The molecular formula is C12H9BrN2O4. The van der Waals surface area contributed by atoms with Crippen LogP contribution in [0.5, 0.6) is 0 Å². The molecule has 2 rings (SSSR count). The second-order valence-corrected chi connectivity index (χ2v) is 4.39. The highest BCUT2D eigenvalue weighted by atomic mass is 79.9. The van der Waals surface area contributed by atoms with Gasteiger partial charge in [-0.1, -0.05) is 0 Å². The number of carboxylic acids is 1. The Kier molecular flexibility index (Phi) is 3.57. The Morgan fingerprint density at radius 1 is 1.26 bits per heavy atom. The van der Waals surface area contributed by atoms with Gasteiger partial charge in [0.2, 0.25) is 0 Å². The SMILES string of the molecule is Nc1ccc(NC(=O)c2ccoc2Br)c(C(=O)O)c1. The number of carbonyl (C=O) groups is 2. The topological polar surface area (TPSA) is 106 Å².